The van der Waals surface area contributed by atoms with Crippen molar-refractivity contribution in [1.29, 1.82) is 0 Å². The number of nitrogens with one attached hydrogen (secondary N) is 1. The molecule has 1 aliphatic carbocycles. The van der Waals surface area contributed by atoms with Gasteiger partial charge in [-0.15, -0.1) is 0 Å². The van der Waals surface area contributed by atoms with Crippen LogP contribution in [0.4, 0.5) is 13.2 Å². The van der Waals surface area contributed by atoms with E-state index in [2.05, 4.69) is 10.3 Å². The number of amides is 1. The lowest BCUT2D eigenvalue weighted by Crippen LogP contribution is -2.37. The van der Waals surface area contributed by atoms with Gasteiger partial charge in [0.25, 0.3) is 5.91 Å². The topological polar surface area (TPSA) is 68.3 Å². The first-order chi connectivity index (χ1) is 9.77. The molecule has 1 atom stereocenters. The van der Waals surface area contributed by atoms with Crippen molar-refractivity contribution in [2.75, 3.05) is 0 Å². The van der Waals surface area contributed by atoms with Crippen molar-refractivity contribution < 1.29 is 27.5 Å². The Morgan fingerprint density at radius 2 is 2.05 bits per heavy atom. The highest BCUT2D eigenvalue weighted by Gasteiger charge is 2.32. The maximum atomic E-state index is 12.3. The molecular formula is C13H13F3N2O3. The molecule has 114 valence electrons. The van der Waals surface area contributed by atoms with Crippen molar-refractivity contribution in [3.05, 3.63) is 29.6 Å². The van der Waals surface area contributed by atoms with E-state index in [1.807, 2.05) is 0 Å². The standard InChI is InChI=1S/C13H13F3N2O3/c1-7(11(19)18-9-3-4-9)21-12(20)8-2-5-10(17-6-8)13(14,15)16/h2,5-7,9H,3-4H2,1H3,(H,18,19)/t7-/m0/s1. The minimum Gasteiger partial charge on any atom is -0.449 e. The minimum atomic E-state index is -4.57. The van der Waals surface area contributed by atoms with Gasteiger partial charge < -0.3 is 10.1 Å². The third-order valence-electron chi connectivity index (χ3n) is 2.87. The van der Waals surface area contributed by atoms with Crippen LogP contribution in [0, 0.1) is 0 Å². The Morgan fingerprint density at radius 1 is 1.38 bits per heavy atom. The summed E-state index contributed by atoms with van der Waals surface area (Å²) in [5, 5.41) is 2.66. The zero-order valence-electron chi connectivity index (χ0n) is 11.1. The predicted molar refractivity (Wildman–Crippen MR) is 65.3 cm³/mol. The molecule has 0 saturated heterocycles. The van der Waals surface area contributed by atoms with Crippen molar-refractivity contribution in [2.45, 2.75) is 38.1 Å². The van der Waals surface area contributed by atoms with Crippen LogP contribution in [-0.2, 0) is 15.7 Å². The summed E-state index contributed by atoms with van der Waals surface area (Å²) in [4.78, 5) is 26.4. The number of aromatic nitrogens is 1. The SMILES string of the molecule is C[C@H](OC(=O)c1ccc(C(F)(F)F)nc1)C(=O)NC1CC1. The van der Waals surface area contributed by atoms with Crippen LogP contribution in [0.5, 0.6) is 0 Å². The molecule has 1 aliphatic rings. The molecule has 0 spiro atoms. The lowest BCUT2D eigenvalue weighted by atomic mass is 10.2. The second-order valence-electron chi connectivity index (χ2n) is 4.76. The fourth-order valence-corrected chi connectivity index (χ4v) is 1.51. The highest BCUT2D eigenvalue weighted by Crippen LogP contribution is 2.27. The molecule has 0 unspecified atom stereocenters. The number of hydrogen-bond donors (Lipinski definition) is 1. The van der Waals surface area contributed by atoms with E-state index in [4.69, 9.17) is 4.74 Å². The monoisotopic (exact) mass is 302 g/mol. The van der Waals surface area contributed by atoms with Gasteiger partial charge in [0.2, 0.25) is 0 Å². The molecule has 1 heterocycles. The molecular weight excluding hydrogens is 289 g/mol. The minimum absolute atomic E-state index is 0.131. The Kier molecular flexibility index (Phi) is 4.15. The van der Waals surface area contributed by atoms with Crippen LogP contribution in [0.25, 0.3) is 0 Å². The van der Waals surface area contributed by atoms with Crippen LogP contribution < -0.4 is 5.32 Å². The predicted octanol–water partition coefficient (Wildman–Crippen LogP) is 1.92. The lowest BCUT2D eigenvalue weighted by Gasteiger charge is -2.13. The summed E-state index contributed by atoms with van der Waals surface area (Å²) in [6.07, 6.45) is -3.01. The summed E-state index contributed by atoms with van der Waals surface area (Å²) in [7, 11) is 0. The molecule has 0 aliphatic heterocycles. The van der Waals surface area contributed by atoms with E-state index < -0.39 is 29.9 Å². The number of alkyl halides is 3. The molecule has 0 radical (unpaired) electrons. The summed E-state index contributed by atoms with van der Waals surface area (Å²) in [5.41, 5.74) is -1.24. The highest BCUT2D eigenvalue weighted by atomic mass is 19.4. The van der Waals surface area contributed by atoms with Gasteiger partial charge >= 0.3 is 12.1 Å². The molecule has 21 heavy (non-hydrogen) atoms. The summed E-state index contributed by atoms with van der Waals surface area (Å²) >= 11 is 0. The number of rotatable bonds is 4. The molecule has 1 saturated carbocycles. The van der Waals surface area contributed by atoms with Crippen LogP contribution in [0.1, 0.15) is 35.8 Å². The normalized spacial score (nSPS) is 16.2. The second kappa shape index (κ2) is 5.71. The summed E-state index contributed by atoms with van der Waals surface area (Å²) in [6.45, 7) is 1.40. The van der Waals surface area contributed by atoms with Gasteiger partial charge in [-0.25, -0.2) is 4.79 Å². The molecule has 0 bridgehead atoms. The van der Waals surface area contributed by atoms with Crippen molar-refractivity contribution in [3.8, 4) is 0 Å². The maximum Gasteiger partial charge on any atom is 0.433 e. The van der Waals surface area contributed by atoms with E-state index >= 15 is 0 Å². The first-order valence-corrected chi connectivity index (χ1v) is 6.32. The van der Waals surface area contributed by atoms with Gasteiger partial charge in [-0.1, -0.05) is 0 Å². The van der Waals surface area contributed by atoms with Crippen molar-refractivity contribution >= 4 is 11.9 Å². The molecule has 1 N–H and O–H groups in total. The Bertz CT molecular complexity index is 539. The first-order valence-electron chi connectivity index (χ1n) is 6.32. The van der Waals surface area contributed by atoms with Gasteiger partial charge in [0, 0.05) is 12.2 Å². The molecule has 1 aromatic heterocycles. The fourth-order valence-electron chi connectivity index (χ4n) is 1.51. The molecule has 0 aromatic carbocycles. The average molecular weight is 302 g/mol. The third-order valence-corrected chi connectivity index (χ3v) is 2.87. The fraction of sp³-hybridized carbons (Fsp3) is 0.462. The summed E-state index contributed by atoms with van der Waals surface area (Å²) in [5.74, 6) is -1.32. The number of ether oxygens (including phenoxy) is 1. The maximum absolute atomic E-state index is 12.3. The molecule has 1 amide bonds. The Hall–Kier alpha value is -2.12. The summed E-state index contributed by atoms with van der Waals surface area (Å²) < 4.78 is 41.9. The van der Waals surface area contributed by atoms with E-state index in [9.17, 15) is 22.8 Å². The number of pyridine rings is 1. The van der Waals surface area contributed by atoms with E-state index in [0.29, 0.717) is 6.07 Å². The number of carbonyl (C=O) groups is 2. The van der Waals surface area contributed by atoms with E-state index in [1.54, 1.807) is 0 Å². The van der Waals surface area contributed by atoms with Gasteiger partial charge in [-0.3, -0.25) is 9.78 Å². The largest absolute Gasteiger partial charge is 0.449 e. The number of carbonyl (C=O) groups excluding carboxylic acids is 2. The zero-order valence-corrected chi connectivity index (χ0v) is 11.1. The Balaban J connectivity index is 1.94. The molecule has 1 aromatic rings. The Labute approximate surface area is 118 Å². The van der Waals surface area contributed by atoms with E-state index in [1.165, 1.54) is 6.92 Å². The van der Waals surface area contributed by atoms with Crippen molar-refractivity contribution in [1.82, 2.24) is 10.3 Å². The van der Waals surface area contributed by atoms with Crippen LogP contribution in [0.15, 0.2) is 18.3 Å². The lowest BCUT2D eigenvalue weighted by molar-refractivity contribution is -0.141. The average Bonchev–Trinajstić information content (AvgIpc) is 3.21. The third kappa shape index (κ3) is 4.17. The van der Waals surface area contributed by atoms with Crippen LogP contribution in [0.2, 0.25) is 0 Å². The second-order valence-corrected chi connectivity index (χ2v) is 4.76. The zero-order chi connectivity index (χ0) is 15.6. The number of halogens is 3. The molecule has 1 fully saturated rings. The van der Waals surface area contributed by atoms with Gasteiger partial charge in [0.15, 0.2) is 6.10 Å². The van der Waals surface area contributed by atoms with Crippen molar-refractivity contribution in [3.63, 3.8) is 0 Å². The quantitative estimate of drug-likeness (QED) is 0.863. The van der Waals surface area contributed by atoms with Gasteiger partial charge in [0.05, 0.1) is 5.56 Å². The van der Waals surface area contributed by atoms with Crippen LogP contribution in [0.3, 0.4) is 0 Å². The first kappa shape index (κ1) is 15.3. The van der Waals surface area contributed by atoms with E-state index in [0.717, 1.165) is 25.1 Å². The summed E-state index contributed by atoms with van der Waals surface area (Å²) in [6, 6.07) is 1.78. The number of esters is 1. The Morgan fingerprint density at radius 3 is 2.52 bits per heavy atom. The van der Waals surface area contributed by atoms with E-state index in [-0.39, 0.29) is 11.6 Å². The van der Waals surface area contributed by atoms with Crippen LogP contribution in [-0.4, -0.2) is 29.0 Å². The van der Waals surface area contributed by atoms with Gasteiger partial charge in [-0.2, -0.15) is 13.2 Å². The molecule has 5 nitrogen and oxygen atoms in total. The molecule has 8 heteroatoms. The highest BCUT2D eigenvalue weighted by molar-refractivity contribution is 5.92. The van der Waals surface area contributed by atoms with Crippen molar-refractivity contribution in [2.24, 2.45) is 0 Å². The van der Waals surface area contributed by atoms with Gasteiger partial charge in [0.1, 0.15) is 5.69 Å². The molecule has 2 rings (SSSR count). The smallest absolute Gasteiger partial charge is 0.433 e. The van der Waals surface area contributed by atoms with Crippen LogP contribution >= 0.6 is 0 Å². The number of hydrogen-bond acceptors (Lipinski definition) is 4. The number of nitrogens with zero attached hydrogens (tertiary/aromatic N) is 1. The van der Waals surface area contributed by atoms with Gasteiger partial charge in [-0.05, 0) is 31.9 Å².